The summed E-state index contributed by atoms with van der Waals surface area (Å²) < 4.78 is 0. The summed E-state index contributed by atoms with van der Waals surface area (Å²) in [5.74, 6) is 4.75. The van der Waals surface area contributed by atoms with Crippen molar-refractivity contribution in [2.45, 2.75) is 25.8 Å². The Kier molecular flexibility index (Phi) is 4.95. The fourth-order valence-corrected chi connectivity index (χ4v) is 1.45. The first-order valence-corrected chi connectivity index (χ1v) is 5.39. The van der Waals surface area contributed by atoms with Gasteiger partial charge in [0.1, 0.15) is 6.04 Å². The van der Waals surface area contributed by atoms with Gasteiger partial charge in [-0.3, -0.25) is 10.6 Å². The monoisotopic (exact) mass is 222 g/mol. The van der Waals surface area contributed by atoms with Crippen molar-refractivity contribution in [1.29, 1.82) is 0 Å². The number of hydrogen-bond acceptors (Lipinski definition) is 3. The lowest BCUT2D eigenvalue weighted by Gasteiger charge is -2.20. The smallest absolute Gasteiger partial charge is 0.322 e. The maximum Gasteiger partial charge on any atom is 0.322 e. The number of aryl methyl sites for hydroxylation is 1. The minimum atomic E-state index is -0.887. The van der Waals surface area contributed by atoms with Crippen LogP contribution in [0, 0.1) is 0 Å². The number of nitrogens with zero attached hydrogens (tertiary/aromatic N) is 1. The van der Waals surface area contributed by atoms with Crippen LogP contribution < -0.4 is 5.84 Å². The predicted octanol–water partition coefficient (Wildman–Crippen LogP) is 1.27. The van der Waals surface area contributed by atoms with E-state index in [0.717, 1.165) is 12.8 Å². The van der Waals surface area contributed by atoms with Crippen molar-refractivity contribution in [3.05, 3.63) is 35.9 Å². The normalized spacial score (nSPS) is 12.7. The number of carbonyl (C=O) groups is 1. The second-order valence-electron chi connectivity index (χ2n) is 3.84. The van der Waals surface area contributed by atoms with Gasteiger partial charge in [-0.15, -0.1) is 0 Å². The average Bonchev–Trinajstić information content (AvgIpc) is 2.29. The van der Waals surface area contributed by atoms with Crippen molar-refractivity contribution >= 4 is 5.97 Å². The van der Waals surface area contributed by atoms with Gasteiger partial charge in [-0.2, -0.15) is 0 Å². The van der Waals surface area contributed by atoms with Gasteiger partial charge < -0.3 is 5.11 Å². The van der Waals surface area contributed by atoms with Crippen LogP contribution in [0.3, 0.4) is 0 Å². The number of benzene rings is 1. The summed E-state index contributed by atoms with van der Waals surface area (Å²) >= 11 is 0. The second-order valence-corrected chi connectivity index (χ2v) is 3.84. The lowest BCUT2D eigenvalue weighted by molar-refractivity contribution is -0.142. The zero-order valence-corrected chi connectivity index (χ0v) is 9.47. The fraction of sp³-hybridized carbons (Fsp3) is 0.417. The van der Waals surface area contributed by atoms with Crippen LogP contribution >= 0.6 is 0 Å². The third-order valence-electron chi connectivity index (χ3n) is 2.58. The Balaban J connectivity index is 2.28. The first kappa shape index (κ1) is 12.7. The largest absolute Gasteiger partial charge is 0.480 e. The average molecular weight is 222 g/mol. The van der Waals surface area contributed by atoms with Crippen LogP contribution in [0.5, 0.6) is 0 Å². The highest BCUT2D eigenvalue weighted by Crippen LogP contribution is 2.03. The van der Waals surface area contributed by atoms with Crippen molar-refractivity contribution in [3.8, 4) is 0 Å². The van der Waals surface area contributed by atoms with Crippen molar-refractivity contribution in [2.75, 3.05) is 6.54 Å². The van der Waals surface area contributed by atoms with Crippen LogP contribution in [0.2, 0.25) is 0 Å². The summed E-state index contributed by atoms with van der Waals surface area (Å²) in [6, 6.07) is 9.45. The molecule has 0 heterocycles. The Labute approximate surface area is 95.6 Å². The van der Waals surface area contributed by atoms with Gasteiger partial charge in [-0.1, -0.05) is 30.3 Å². The van der Waals surface area contributed by atoms with Crippen molar-refractivity contribution < 1.29 is 9.90 Å². The lowest BCUT2D eigenvalue weighted by atomic mass is 10.1. The Bertz CT molecular complexity index is 327. The SMILES string of the molecule is C[C@@H](C(=O)O)N(N)CCCc1ccccc1. The Morgan fingerprint density at radius 2 is 2.06 bits per heavy atom. The van der Waals surface area contributed by atoms with E-state index in [4.69, 9.17) is 10.9 Å². The molecule has 0 spiro atoms. The molecule has 0 bridgehead atoms. The number of hydrazine groups is 1. The van der Waals surface area contributed by atoms with Gasteiger partial charge in [0.05, 0.1) is 0 Å². The molecule has 0 radical (unpaired) electrons. The molecule has 16 heavy (non-hydrogen) atoms. The van der Waals surface area contributed by atoms with E-state index < -0.39 is 12.0 Å². The molecule has 1 atom stereocenters. The van der Waals surface area contributed by atoms with Crippen LogP contribution in [0.1, 0.15) is 18.9 Å². The number of carboxylic acids is 1. The molecular formula is C12H18N2O2. The van der Waals surface area contributed by atoms with E-state index in [1.165, 1.54) is 10.6 Å². The molecule has 0 unspecified atom stereocenters. The fourth-order valence-electron chi connectivity index (χ4n) is 1.45. The summed E-state index contributed by atoms with van der Waals surface area (Å²) in [5, 5.41) is 10.1. The van der Waals surface area contributed by atoms with Gasteiger partial charge in [0.25, 0.3) is 0 Å². The minimum Gasteiger partial charge on any atom is -0.480 e. The molecule has 4 nitrogen and oxygen atoms in total. The van der Waals surface area contributed by atoms with Gasteiger partial charge in [0, 0.05) is 6.54 Å². The third kappa shape index (κ3) is 4.00. The van der Waals surface area contributed by atoms with Gasteiger partial charge in [0.2, 0.25) is 0 Å². The highest BCUT2D eigenvalue weighted by Gasteiger charge is 2.16. The van der Waals surface area contributed by atoms with E-state index >= 15 is 0 Å². The molecule has 3 N–H and O–H groups in total. The molecule has 0 fully saturated rings. The molecule has 4 heteroatoms. The molecule has 0 aliphatic heterocycles. The minimum absolute atomic E-state index is 0.586. The van der Waals surface area contributed by atoms with Crippen LogP contribution in [-0.2, 0) is 11.2 Å². The summed E-state index contributed by atoms with van der Waals surface area (Å²) in [6.45, 7) is 2.17. The molecule has 0 aromatic heterocycles. The molecule has 1 aromatic carbocycles. The van der Waals surface area contributed by atoms with Gasteiger partial charge in [-0.25, -0.2) is 5.01 Å². The number of hydrogen-bond donors (Lipinski definition) is 2. The maximum atomic E-state index is 10.7. The molecule has 0 aliphatic carbocycles. The van der Waals surface area contributed by atoms with E-state index in [9.17, 15) is 4.79 Å². The lowest BCUT2D eigenvalue weighted by Crippen LogP contribution is -2.44. The van der Waals surface area contributed by atoms with E-state index in [1.807, 2.05) is 18.2 Å². The summed E-state index contributed by atoms with van der Waals surface area (Å²) in [7, 11) is 0. The third-order valence-corrected chi connectivity index (χ3v) is 2.58. The Hall–Kier alpha value is -1.39. The van der Waals surface area contributed by atoms with Gasteiger partial charge >= 0.3 is 5.97 Å². The number of rotatable bonds is 6. The number of aliphatic carboxylic acids is 1. The van der Waals surface area contributed by atoms with Crippen LogP contribution in [-0.4, -0.2) is 28.7 Å². The summed E-state index contributed by atoms with van der Waals surface area (Å²) in [4.78, 5) is 10.7. The van der Waals surface area contributed by atoms with E-state index in [1.54, 1.807) is 6.92 Å². The molecule has 0 amide bonds. The Morgan fingerprint density at radius 3 is 2.62 bits per heavy atom. The molecule has 0 aliphatic rings. The highest BCUT2D eigenvalue weighted by atomic mass is 16.4. The first-order chi connectivity index (χ1) is 7.61. The van der Waals surface area contributed by atoms with Gasteiger partial charge in [-0.05, 0) is 25.3 Å². The highest BCUT2D eigenvalue weighted by molar-refractivity contribution is 5.72. The number of nitrogens with two attached hydrogens (primary N) is 1. The molecule has 1 aromatic rings. The zero-order valence-electron chi connectivity index (χ0n) is 9.47. The van der Waals surface area contributed by atoms with Crippen LogP contribution in [0.15, 0.2) is 30.3 Å². The molecular weight excluding hydrogens is 204 g/mol. The molecule has 1 rings (SSSR count). The van der Waals surface area contributed by atoms with Crippen molar-refractivity contribution in [3.63, 3.8) is 0 Å². The predicted molar refractivity (Wildman–Crippen MR) is 62.8 cm³/mol. The van der Waals surface area contributed by atoms with Crippen molar-refractivity contribution in [2.24, 2.45) is 5.84 Å². The first-order valence-electron chi connectivity index (χ1n) is 5.39. The second kappa shape index (κ2) is 6.25. The summed E-state index contributed by atoms with van der Waals surface area (Å²) in [6.07, 6.45) is 1.78. The molecule has 0 saturated carbocycles. The zero-order chi connectivity index (χ0) is 12.0. The van der Waals surface area contributed by atoms with E-state index in [2.05, 4.69) is 12.1 Å². The summed E-state index contributed by atoms with van der Waals surface area (Å²) in [5.41, 5.74) is 1.25. The topological polar surface area (TPSA) is 66.6 Å². The molecule has 88 valence electrons. The number of carboxylic acid groups (broad SMARTS) is 1. The van der Waals surface area contributed by atoms with E-state index in [0.29, 0.717) is 6.54 Å². The van der Waals surface area contributed by atoms with Crippen LogP contribution in [0.25, 0.3) is 0 Å². The quantitative estimate of drug-likeness (QED) is 0.562. The molecule has 0 saturated heterocycles. The van der Waals surface area contributed by atoms with Gasteiger partial charge in [0.15, 0.2) is 0 Å². The van der Waals surface area contributed by atoms with Crippen LogP contribution in [0.4, 0.5) is 0 Å². The Morgan fingerprint density at radius 1 is 1.44 bits per heavy atom. The maximum absolute atomic E-state index is 10.7. The standard InChI is InChI=1S/C12H18N2O2/c1-10(12(15)16)14(13)9-5-8-11-6-3-2-4-7-11/h2-4,6-7,10H,5,8-9,13H2,1H3,(H,15,16)/t10-/m0/s1. The van der Waals surface area contributed by atoms with Crippen molar-refractivity contribution in [1.82, 2.24) is 5.01 Å². The van der Waals surface area contributed by atoms with E-state index in [-0.39, 0.29) is 0 Å².